The Kier molecular flexibility index (Phi) is 8.53. The molecule has 25 heavy (non-hydrogen) atoms. The van der Waals surface area contributed by atoms with Gasteiger partial charge in [-0.3, -0.25) is 0 Å². The lowest BCUT2D eigenvalue weighted by Gasteiger charge is -2.12. The zero-order valence-electron chi connectivity index (χ0n) is 13.8. The molecule has 0 radical (unpaired) electrons. The zero-order valence-corrected chi connectivity index (χ0v) is 13.8. The van der Waals surface area contributed by atoms with Crippen molar-refractivity contribution in [3.8, 4) is 11.5 Å². The lowest BCUT2D eigenvalue weighted by molar-refractivity contribution is -0.159. The van der Waals surface area contributed by atoms with Crippen LogP contribution in [0.5, 0.6) is 11.5 Å². The Morgan fingerprint density at radius 3 is 2.12 bits per heavy atom. The molecule has 0 aliphatic heterocycles. The number of aliphatic carboxylic acids is 2. The number of nitrogens with two attached hydrogens (primary N) is 1. The molecular weight excluding hydrogens is 326 g/mol. The molecule has 0 aromatic heterocycles. The average Bonchev–Trinajstić information content (AvgIpc) is 2.62. The third-order valence-corrected chi connectivity index (χ3v) is 3.08. The van der Waals surface area contributed by atoms with E-state index in [-0.39, 0.29) is 0 Å². The maximum Gasteiger partial charge on any atom is 0.414 e. The summed E-state index contributed by atoms with van der Waals surface area (Å²) in [5.41, 5.74) is 7.85. The molecule has 0 amide bonds. The fraction of sp³-hybridized carbons (Fsp3) is 0.222. The molecule has 0 saturated heterocycles. The number of benzene rings is 2. The molecule has 0 heterocycles. The van der Waals surface area contributed by atoms with Crippen LogP contribution in [-0.2, 0) is 22.6 Å². The van der Waals surface area contributed by atoms with Crippen molar-refractivity contribution in [2.24, 2.45) is 5.73 Å². The van der Waals surface area contributed by atoms with Crippen LogP contribution >= 0.6 is 0 Å². The van der Waals surface area contributed by atoms with Crippen LogP contribution in [0.4, 0.5) is 0 Å². The number of hydrogen-bond acceptors (Lipinski definition) is 5. The minimum absolute atomic E-state index is 0.535. The van der Waals surface area contributed by atoms with Crippen molar-refractivity contribution in [2.45, 2.75) is 13.0 Å². The van der Waals surface area contributed by atoms with Gasteiger partial charge in [0.25, 0.3) is 0 Å². The molecule has 7 nitrogen and oxygen atoms in total. The molecule has 2 aromatic carbocycles. The lowest BCUT2D eigenvalue weighted by atomic mass is 10.1. The highest BCUT2D eigenvalue weighted by atomic mass is 16.5. The summed E-state index contributed by atoms with van der Waals surface area (Å²) in [5, 5.41) is 14.8. The molecule has 2 aromatic rings. The second kappa shape index (κ2) is 10.7. The standard InChI is InChI=1S/C16H19NO2.C2H2O4/c1-18-16-11-13(9-10-17)7-8-15(16)19-12-14-5-3-2-4-6-14;3-1(4)2(5)6/h2-8,11H,9-10,12,17H2,1H3;(H,3,4)(H,5,6). The summed E-state index contributed by atoms with van der Waals surface area (Å²) in [4.78, 5) is 18.2. The molecule has 2 rings (SSSR count). The van der Waals surface area contributed by atoms with E-state index in [1.165, 1.54) is 0 Å². The molecule has 134 valence electrons. The van der Waals surface area contributed by atoms with Crippen LogP contribution in [0.15, 0.2) is 48.5 Å². The van der Waals surface area contributed by atoms with Gasteiger partial charge in [0.15, 0.2) is 11.5 Å². The molecule has 7 heteroatoms. The fourth-order valence-electron chi connectivity index (χ4n) is 1.89. The molecule has 0 bridgehead atoms. The van der Waals surface area contributed by atoms with E-state index >= 15 is 0 Å². The van der Waals surface area contributed by atoms with Crippen LogP contribution in [-0.4, -0.2) is 35.8 Å². The molecule has 0 spiro atoms. The first kappa shape index (κ1) is 20.0. The molecule has 0 aliphatic rings. The van der Waals surface area contributed by atoms with Gasteiger partial charge in [-0.25, -0.2) is 9.59 Å². The number of rotatable bonds is 6. The third kappa shape index (κ3) is 7.36. The van der Waals surface area contributed by atoms with Crippen molar-refractivity contribution in [1.29, 1.82) is 0 Å². The summed E-state index contributed by atoms with van der Waals surface area (Å²) in [6.45, 7) is 1.17. The van der Waals surface area contributed by atoms with Crippen molar-refractivity contribution >= 4 is 11.9 Å². The quantitative estimate of drug-likeness (QED) is 0.683. The molecular formula is C18H21NO6. The Labute approximate surface area is 145 Å². The summed E-state index contributed by atoms with van der Waals surface area (Å²) < 4.78 is 11.1. The Bertz CT molecular complexity index is 675. The lowest BCUT2D eigenvalue weighted by Crippen LogP contribution is -2.09. The third-order valence-electron chi connectivity index (χ3n) is 3.08. The van der Waals surface area contributed by atoms with Gasteiger partial charge in [-0.1, -0.05) is 36.4 Å². The maximum absolute atomic E-state index is 9.10. The number of hydrogen-bond donors (Lipinski definition) is 3. The summed E-state index contributed by atoms with van der Waals surface area (Å²) in [6.07, 6.45) is 0.843. The first-order valence-electron chi connectivity index (χ1n) is 7.47. The van der Waals surface area contributed by atoms with Crippen molar-refractivity contribution in [2.75, 3.05) is 13.7 Å². The highest BCUT2D eigenvalue weighted by Crippen LogP contribution is 2.28. The van der Waals surface area contributed by atoms with Crippen LogP contribution < -0.4 is 15.2 Å². The molecule has 4 N–H and O–H groups in total. The number of carboxylic acid groups (broad SMARTS) is 2. The van der Waals surface area contributed by atoms with E-state index in [4.69, 9.17) is 35.0 Å². The number of carbonyl (C=O) groups is 2. The summed E-state index contributed by atoms with van der Waals surface area (Å²) in [5.74, 6) is -2.14. The normalized spacial score (nSPS) is 9.52. The van der Waals surface area contributed by atoms with Gasteiger partial charge in [0.05, 0.1) is 7.11 Å². The summed E-state index contributed by atoms with van der Waals surface area (Å²) >= 11 is 0. The van der Waals surface area contributed by atoms with Crippen LogP contribution in [0.25, 0.3) is 0 Å². The Morgan fingerprint density at radius 1 is 0.960 bits per heavy atom. The van der Waals surface area contributed by atoms with Crippen molar-refractivity contribution < 1.29 is 29.3 Å². The topological polar surface area (TPSA) is 119 Å². The molecule has 0 unspecified atom stereocenters. The van der Waals surface area contributed by atoms with Gasteiger partial charge in [0.2, 0.25) is 0 Å². The Balaban J connectivity index is 0.000000450. The van der Waals surface area contributed by atoms with Crippen molar-refractivity contribution in [3.05, 3.63) is 59.7 Å². The minimum atomic E-state index is -1.82. The van der Waals surface area contributed by atoms with Gasteiger partial charge in [-0.2, -0.15) is 0 Å². The maximum atomic E-state index is 9.10. The Morgan fingerprint density at radius 2 is 1.60 bits per heavy atom. The van der Waals surface area contributed by atoms with Gasteiger partial charge >= 0.3 is 11.9 Å². The Hall–Kier alpha value is -3.06. The first-order valence-corrected chi connectivity index (χ1v) is 7.47. The summed E-state index contributed by atoms with van der Waals surface area (Å²) in [7, 11) is 1.65. The van der Waals surface area contributed by atoms with E-state index in [2.05, 4.69) is 0 Å². The highest BCUT2D eigenvalue weighted by molar-refractivity contribution is 6.27. The molecule has 0 fully saturated rings. The van der Waals surface area contributed by atoms with E-state index in [1.807, 2.05) is 48.5 Å². The number of methoxy groups -OCH3 is 1. The molecule has 0 aliphatic carbocycles. The van der Waals surface area contributed by atoms with E-state index in [0.717, 1.165) is 29.0 Å². The monoisotopic (exact) mass is 347 g/mol. The molecule has 0 atom stereocenters. The second-order valence-corrected chi connectivity index (χ2v) is 4.91. The average molecular weight is 347 g/mol. The fourth-order valence-corrected chi connectivity index (χ4v) is 1.89. The smallest absolute Gasteiger partial charge is 0.414 e. The largest absolute Gasteiger partial charge is 0.493 e. The van der Waals surface area contributed by atoms with E-state index in [1.54, 1.807) is 7.11 Å². The summed E-state index contributed by atoms with van der Waals surface area (Å²) in [6, 6.07) is 16.0. The SMILES string of the molecule is COc1cc(CCN)ccc1OCc1ccccc1.O=C(O)C(=O)O. The van der Waals surface area contributed by atoms with Gasteiger partial charge in [-0.15, -0.1) is 0 Å². The van der Waals surface area contributed by atoms with Crippen LogP contribution in [0.3, 0.4) is 0 Å². The minimum Gasteiger partial charge on any atom is -0.493 e. The number of ether oxygens (including phenoxy) is 2. The van der Waals surface area contributed by atoms with Crippen LogP contribution in [0.1, 0.15) is 11.1 Å². The zero-order chi connectivity index (χ0) is 18.7. The van der Waals surface area contributed by atoms with Crippen LogP contribution in [0.2, 0.25) is 0 Å². The van der Waals surface area contributed by atoms with E-state index < -0.39 is 11.9 Å². The second-order valence-electron chi connectivity index (χ2n) is 4.91. The van der Waals surface area contributed by atoms with Crippen molar-refractivity contribution in [3.63, 3.8) is 0 Å². The number of carboxylic acids is 2. The molecule has 0 saturated carbocycles. The van der Waals surface area contributed by atoms with E-state index in [0.29, 0.717) is 13.2 Å². The predicted octanol–water partition coefficient (Wildman–Crippen LogP) is 1.93. The predicted molar refractivity (Wildman–Crippen MR) is 91.8 cm³/mol. The highest BCUT2D eigenvalue weighted by Gasteiger charge is 2.06. The first-order chi connectivity index (χ1) is 12.0. The van der Waals surface area contributed by atoms with E-state index in [9.17, 15) is 0 Å². The van der Waals surface area contributed by atoms with Crippen LogP contribution in [0, 0.1) is 0 Å². The van der Waals surface area contributed by atoms with Gasteiger partial charge in [-0.05, 0) is 36.2 Å². The van der Waals surface area contributed by atoms with Gasteiger partial charge in [0.1, 0.15) is 6.61 Å². The van der Waals surface area contributed by atoms with Gasteiger partial charge < -0.3 is 25.4 Å². The van der Waals surface area contributed by atoms with Crippen molar-refractivity contribution in [1.82, 2.24) is 0 Å². The van der Waals surface area contributed by atoms with Gasteiger partial charge in [0, 0.05) is 0 Å².